The van der Waals surface area contributed by atoms with Gasteiger partial charge in [-0.15, -0.1) is 0 Å². The lowest BCUT2D eigenvalue weighted by Crippen LogP contribution is -2.43. The normalized spacial score (nSPS) is 12.9. The van der Waals surface area contributed by atoms with Crippen LogP contribution in [-0.2, 0) is 18.4 Å². The Morgan fingerprint density at radius 1 is 1.43 bits per heavy atom. The SMILES string of the molecule is CCC(C)NC(=NCC(=O)N(C)C)N(C)Cc1cc(Cl)cn1C. The van der Waals surface area contributed by atoms with E-state index in [4.69, 9.17) is 11.6 Å². The summed E-state index contributed by atoms with van der Waals surface area (Å²) in [5.74, 6) is 0.690. The predicted molar refractivity (Wildman–Crippen MR) is 95.8 cm³/mol. The summed E-state index contributed by atoms with van der Waals surface area (Å²) in [5.41, 5.74) is 1.08. The number of carbonyl (C=O) groups excluding carboxylic acids is 1. The third-order valence-corrected chi connectivity index (χ3v) is 3.89. The first kappa shape index (κ1) is 19.4. The third kappa shape index (κ3) is 6.14. The Morgan fingerprint density at radius 3 is 2.57 bits per heavy atom. The average molecular weight is 342 g/mol. The van der Waals surface area contributed by atoms with Crippen LogP contribution in [0.25, 0.3) is 0 Å². The fourth-order valence-corrected chi connectivity index (χ4v) is 2.20. The van der Waals surface area contributed by atoms with E-state index in [1.165, 1.54) is 0 Å². The first-order chi connectivity index (χ1) is 10.7. The number of amides is 1. The molecule has 1 aromatic heterocycles. The number of aryl methyl sites for hydroxylation is 1. The molecule has 1 heterocycles. The zero-order valence-corrected chi connectivity index (χ0v) is 15.7. The minimum Gasteiger partial charge on any atom is -0.354 e. The van der Waals surface area contributed by atoms with Crippen molar-refractivity contribution in [2.24, 2.45) is 12.0 Å². The van der Waals surface area contributed by atoms with E-state index in [9.17, 15) is 4.79 Å². The molecule has 7 heteroatoms. The molecule has 0 spiro atoms. The summed E-state index contributed by atoms with van der Waals surface area (Å²) in [4.78, 5) is 19.8. The molecule has 6 nitrogen and oxygen atoms in total. The number of aliphatic imine (C=N–C) groups is 1. The van der Waals surface area contributed by atoms with E-state index in [2.05, 4.69) is 24.2 Å². The minimum absolute atomic E-state index is 0.0243. The van der Waals surface area contributed by atoms with Gasteiger partial charge in [-0.1, -0.05) is 18.5 Å². The van der Waals surface area contributed by atoms with Gasteiger partial charge in [0.15, 0.2) is 5.96 Å². The lowest BCUT2D eigenvalue weighted by Gasteiger charge is -2.25. The maximum absolute atomic E-state index is 11.8. The summed E-state index contributed by atoms with van der Waals surface area (Å²) in [6.45, 7) is 4.99. The molecule has 0 aliphatic carbocycles. The first-order valence-electron chi connectivity index (χ1n) is 7.77. The number of rotatable bonds is 6. The quantitative estimate of drug-likeness (QED) is 0.635. The van der Waals surface area contributed by atoms with Crippen LogP contribution in [0.15, 0.2) is 17.3 Å². The van der Waals surface area contributed by atoms with Crippen molar-refractivity contribution in [3.05, 3.63) is 23.0 Å². The molecule has 0 aromatic carbocycles. The van der Waals surface area contributed by atoms with Crippen molar-refractivity contribution >= 4 is 23.5 Å². The Bertz CT molecular complexity index is 553. The van der Waals surface area contributed by atoms with Gasteiger partial charge in [-0.2, -0.15) is 0 Å². The molecular weight excluding hydrogens is 314 g/mol. The third-order valence-electron chi connectivity index (χ3n) is 3.69. The first-order valence-corrected chi connectivity index (χ1v) is 8.15. The van der Waals surface area contributed by atoms with E-state index in [1.807, 2.05) is 35.8 Å². The van der Waals surface area contributed by atoms with Gasteiger partial charge in [0.2, 0.25) is 5.91 Å². The Hall–Kier alpha value is -1.69. The van der Waals surface area contributed by atoms with Crippen molar-refractivity contribution in [1.82, 2.24) is 19.7 Å². The van der Waals surface area contributed by atoms with Crippen LogP contribution >= 0.6 is 11.6 Å². The highest BCUT2D eigenvalue weighted by atomic mass is 35.5. The van der Waals surface area contributed by atoms with E-state index in [0.717, 1.165) is 12.1 Å². The smallest absolute Gasteiger partial charge is 0.243 e. The molecule has 1 N–H and O–H groups in total. The van der Waals surface area contributed by atoms with E-state index in [1.54, 1.807) is 19.0 Å². The summed E-state index contributed by atoms with van der Waals surface area (Å²) < 4.78 is 1.99. The van der Waals surface area contributed by atoms with Gasteiger partial charge >= 0.3 is 0 Å². The fourth-order valence-electron chi connectivity index (χ4n) is 1.92. The summed E-state index contributed by atoms with van der Waals surface area (Å²) >= 11 is 6.04. The molecule has 0 saturated carbocycles. The number of hydrogen-bond donors (Lipinski definition) is 1. The number of nitrogens with zero attached hydrogens (tertiary/aromatic N) is 4. The van der Waals surface area contributed by atoms with Gasteiger partial charge in [0.05, 0.1) is 11.6 Å². The van der Waals surface area contributed by atoms with Crippen molar-refractivity contribution in [1.29, 1.82) is 0 Å². The second-order valence-electron chi connectivity index (χ2n) is 6.00. The van der Waals surface area contributed by atoms with Crippen molar-refractivity contribution < 1.29 is 4.79 Å². The van der Waals surface area contributed by atoms with Gasteiger partial charge in [-0.3, -0.25) is 4.79 Å². The van der Waals surface area contributed by atoms with Crippen molar-refractivity contribution in [3.63, 3.8) is 0 Å². The number of likely N-dealkylation sites (N-methyl/N-ethyl adjacent to an activating group) is 1. The zero-order chi connectivity index (χ0) is 17.6. The van der Waals surface area contributed by atoms with Gasteiger partial charge in [-0.25, -0.2) is 4.99 Å². The minimum atomic E-state index is -0.0243. The zero-order valence-electron chi connectivity index (χ0n) is 14.9. The van der Waals surface area contributed by atoms with Gasteiger partial charge in [-0.05, 0) is 19.4 Å². The average Bonchev–Trinajstić information content (AvgIpc) is 2.80. The molecular formula is C16H28ClN5O. The Kier molecular flexibility index (Phi) is 7.42. The summed E-state index contributed by atoms with van der Waals surface area (Å²) in [5, 5.41) is 4.09. The molecule has 0 aliphatic rings. The van der Waals surface area contributed by atoms with E-state index >= 15 is 0 Å². The Balaban J connectivity index is 2.86. The summed E-state index contributed by atoms with van der Waals surface area (Å²) in [6.07, 6.45) is 2.85. The molecule has 1 amide bonds. The van der Waals surface area contributed by atoms with Crippen molar-refractivity contribution in [2.75, 3.05) is 27.7 Å². The highest BCUT2D eigenvalue weighted by Gasteiger charge is 2.13. The standard InChI is InChI=1S/C16H28ClN5O/c1-7-12(2)19-16(18-9-15(23)20(3)4)22(6)11-14-8-13(17)10-21(14)5/h8,10,12H,7,9,11H2,1-6H3,(H,18,19). The van der Waals surface area contributed by atoms with Gasteiger partial charge in [0.25, 0.3) is 0 Å². The van der Waals surface area contributed by atoms with E-state index < -0.39 is 0 Å². The number of guanidine groups is 1. The molecule has 0 bridgehead atoms. The van der Waals surface area contributed by atoms with Crippen LogP contribution in [0, 0.1) is 0 Å². The monoisotopic (exact) mass is 341 g/mol. The number of carbonyl (C=O) groups is 1. The second-order valence-corrected chi connectivity index (χ2v) is 6.43. The Labute approximate surface area is 144 Å². The number of nitrogens with one attached hydrogen (secondary N) is 1. The van der Waals surface area contributed by atoms with Crippen LogP contribution in [0.5, 0.6) is 0 Å². The molecule has 0 fully saturated rings. The second kappa shape index (κ2) is 8.82. The number of aromatic nitrogens is 1. The maximum atomic E-state index is 11.8. The van der Waals surface area contributed by atoms with Crippen LogP contribution in [0.2, 0.25) is 5.02 Å². The van der Waals surface area contributed by atoms with E-state index in [-0.39, 0.29) is 18.5 Å². The maximum Gasteiger partial charge on any atom is 0.243 e. The largest absolute Gasteiger partial charge is 0.354 e. The van der Waals surface area contributed by atoms with Crippen LogP contribution in [-0.4, -0.2) is 60.0 Å². The summed E-state index contributed by atoms with van der Waals surface area (Å²) in [6, 6.07) is 2.21. The van der Waals surface area contributed by atoms with Crippen LogP contribution in [0.3, 0.4) is 0 Å². The van der Waals surface area contributed by atoms with Crippen molar-refractivity contribution in [3.8, 4) is 0 Å². The number of halogens is 1. The van der Waals surface area contributed by atoms with Crippen LogP contribution in [0.1, 0.15) is 26.0 Å². The molecule has 1 rings (SSSR count). The van der Waals surface area contributed by atoms with Gasteiger partial charge in [0, 0.05) is 46.1 Å². The molecule has 1 aromatic rings. The Morgan fingerprint density at radius 2 is 2.09 bits per heavy atom. The predicted octanol–water partition coefficient (Wildman–Crippen LogP) is 1.94. The molecule has 130 valence electrons. The fraction of sp³-hybridized carbons (Fsp3) is 0.625. The van der Waals surface area contributed by atoms with Gasteiger partial charge < -0.3 is 19.7 Å². The lowest BCUT2D eigenvalue weighted by molar-refractivity contribution is -0.127. The lowest BCUT2D eigenvalue weighted by atomic mass is 10.3. The molecule has 0 saturated heterocycles. The van der Waals surface area contributed by atoms with Crippen LogP contribution < -0.4 is 5.32 Å². The molecule has 1 atom stereocenters. The summed E-state index contributed by atoms with van der Waals surface area (Å²) in [7, 11) is 7.38. The highest BCUT2D eigenvalue weighted by molar-refractivity contribution is 6.30. The van der Waals surface area contributed by atoms with Gasteiger partial charge in [0.1, 0.15) is 6.54 Å². The molecule has 0 aliphatic heterocycles. The molecule has 0 radical (unpaired) electrons. The molecule has 1 unspecified atom stereocenters. The van der Waals surface area contributed by atoms with E-state index in [0.29, 0.717) is 17.5 Å². The molecule has 23 heavy (non-hydrogen) atoms. The highest BCUT2D eigenvalue weighted by Crippen LogP contribution is 2.14. The number of hydrogen-bond acceptors (Lipinski definition) is 2. The topological polar surface area (TPSA) is 52.9 Å². The van der Waals surface area contributed by atoms with Crippen molar-refractivity contribution in [2.45, 2.75) is 32.9 Å². The van der Waals surface area contributed by atoms with Crippen LogP contribution in [0.4, 0.5) is 0 Å².